The van der Waals surface area contributed by atoms with E-state index in [1.807, 2.05) is 32.9 Å². The van der Waals surface area contributed by atoms with Crippen LogP contribution in [0, 0.1) is 19.8 Å². The quantitative estimate of drug-likeness (QED) is 0.913. The van der Waals surface area contributed by atoms with Gasteiger partial charge in [-0.05, 0) is 31.9 Å². The fraction of sp³-hybridized carbons (Fsp3) is 0.588. The summed E-state index contributed by atoms with van der Waals surface area (Å²) in [4.78, 5) is 18.7. The molecule has 8 nitrogen and oxygen atoms in total. The van der Waals surface area contributed by atoms with E-state index in [2.05, 4.69) is 15.5 Å². The lowest BCUT2D eigenvalue weighted by Crippen LogP contribution is -2.48. The number of nitrogens with zero attached hydrogens (tertiary/aromatic N) is 3. The fourth-order valence-electron chi connectivity index (χ4n) is 2.81. The minimum absolute atomic E-state index is 0.119. The number of aryl methyl sites for hydroxylation is 2. The van der Waals surface area contributed by atoms with Crippen molar-refractivity contribution >= 4 is 6.03 Å². The Hall–Kier alpha value is -2.35. The lowest BCUT2D eigenvalue weighted by molar-refractivity contribution is -0.0269. The van der Waals surface area contributed by atoms with Crippen LogP contribution >= 0.6 is 0 Å². The van der Waals surface area contributed by atoms with E-state index < -0.39 is 0 Å². The molecule has 25 heavy (non-hydrogen) atoms. The van der Waals surface area contributed by atoms with Crippen molar-refractivity contribution in [2.24, 2.45) is 5.92 Å². The van der Waals surface area contributed by atoms with Gasteiger partial charge in [0.15, 0.2) is 5.82 Å². The van der Waals surface area contributed by atoms with Crippen LogP contribution in [-0.2, 0) is 4.74 Å². The number of carbonyl (C=O) groups excluding carboxylic acids is 1. The molecule has 8 heteroatoms. The Balaban J connectivity index is 1.67. The maximum Gasteiger partial charge on any atom is 0.318 e. The summed E-state index contributed by atoms with van der Waals surface area (Å²) in [6, 6.07) is 3.27. The Labute approximate surface area is 146 Å². The van der Waals surface area contributed by atoms with Crippen molar-refractivity contribution in [2.75, 3.05) is 19.7 Å². The van der Waals surface area contributed by atoms with Gasteiger partial charge in [-0.2, -0.15) is 4.98 Å². The highest BCUT2D eigenvalue weighted by Gasteiger charge is 2.31. The maximum absolute atomic E-state index is 12.7. The summed E-state index contributed by atoms with van der Waals surface area (Å²) in [5.41, 5.74) is 0. The van der Waals surface area contributed by atoms with Gasteiger partial charge in [-0.1, -0.05) is 19.0 Å². The van der Waals surface area contributed by atoms with Crippen LogP contribution in [0.4, 0.5) is 4.79 Å². The minimum Gasteiger partial charge on any atom is -0.464 e. The number of carbonyl (C=O) groups is 1. The highest BCUT2D eigenvalue weighted by Crippen LogP contribution is 2.25. The van der Waals surface area contributed by atoms with E-state index >= 15 is 0 Å². The number of morpholine rings is 1. The van der Waals surface area contributed by atoms with E-state index in [0.29, 0.717) is 31.4 Å². The van der Waals surface area contributed by atoms with Crippen molar-refractivity contribution in [3.05, 3.63) is 35.4 Å². The number of urea groups is 1. The molecule has 0 saturated carbocycles. The summed E-state index contributed by atoms with van der Waals surface area (Å²) in [5.74, 6) is 2.66. The molecule has 0 unspecified atom stereocenters. The van der Waals surface area contributed by atoms with Gasteiger partial charge in [0.2, 0.25) is 5.89 Å². The normalized spacial score (nSPS) is 19.2. The van der Waals surface area contributed by atoms with Crippen LogP contribution in [0.2, 0.25) is 0 Å². The van der Waals surface area contributed by atoms with Crippen LogP contribution < -0.4 is 5.32 Å². The second kappa shape index (κ2) is 7.26. The number of furan rings is 1. The summed E-state index contributed by atoms with van der Waals surface area (Å²) >= 11 is 0. The third kappa shape index (κ3) is 4.01. The zero-order valence-electron chi connectivity index (χ0n) is 15.0. The molecule has 3 heterocycles. The zero-order valence-corrected chi connectivity index (χ0v) is 15.0. The van der Waals surface area contributed by atoms with Gasteiger partial charge in [-0.25, -0.2) is 4.79 Å². The second-order valence-electron chi connectivity index (χ2n) is 6.60. The number of amides is 2. The predicted octanol–water partition coefficient (Wildman–Crippen LogP) is 2.76. The molecular formula is C17H24N4O4. The van der Waals surface area contributed by atoms with Gasteiger partial charge in [-0.3, -0.25) is 0 Å². The number of aromatic nitrogens is 2. The minimum atomic E-state index is -0.333. The third-order valence-electron chi connectivity index (χ3n) is 4.19. The van der Waals surface area contributed by atoms with Gasteiger partial charge in [0.1, 0.15) is 23.7 Å². The first-order valence-electron chi connectivity index (χ1n) is 8.47. The van der Waals surface area contributed by atoms with Crippen molar-refractivity contribution < 1.29 is 18.5 Å². The van der Waals surface area contributed by atoms with E-state index in [1.165, 1.54) is 0 Å². The molecule has 0 aromatic carbocycles. The molecule has 3 rings (SSSR count). The molecule has 2 amide bonds. The Morgan fingerprint density at radius 3 is 2.76 bits per heavy atom. The lowest BCUT2D eigenvalue weighted by Gasteiger charge is -2.33. The van der Waals surface area contributed by atoms with Crippen LogP contribution in [0.5, 0.6) is 0 Å². The monoisotopic (exact) mass is 348 g/mol. The predicted molar refractivity (Wildman–Crippen MR) is 88.9 cm³/mol. The first kappa shape index (κ1) is 17.5. The summed E-state index contributed by atoms with van der Waals surface area (Å²) in [7, 11) is 0. The Bertz CT molecular complexity index is 724. The molecule has 2 aromatic heterocycles. The van der Waals surface area contributed by atoms with Gasteiger partial charge >= 0.3 is 6.03 Å². The SMILES string of the molecule is Cc1noc([C@H](NC(=O)N2CCO[C@@H](c3ccc(C)o3)C2)C(C)C)n1. The number of hydrogen-bond acceptors (Lipinski definition) is 6. The van der Waals surface area contributed by atoms with Crippen molar-refractivity contribution in [1.82, 2.24) is 20.4 Å². The molecule has 0 aliphatic carbocycles. The van der Waals surface area contributed by atoms with E-state index in [-0.39, 0.29) is 24.1 Å². The van der Waals surface area contributed by atoms with E-state index in [4.69, 9.17) is 13.7 Å². The fourth-order valence-corrected chi connectivity index (χ4v) is 2.81. The first-order valence-corrected chi connectivity index (χ1v) is 8.47. The Morgan fingerprint density at radius 1 is 1.36 bits per heavy atom. The van der Waals surface area contributed by atoms with Crippen LogP contribution in [0.25, 0.3) is 0 Å². The Morgan fingerprint density at radius 2 is 2.16 bits per heavy atom. The van der Waals surface area contributed by atoms with Crippen LogP contribution in [-0.4, -0.2) is 40.8 Å². The van der Waals surface area contributed by atoms with Crippen LogP contribution in [0.15, 0.2) is 21.1 Å². The van der Waals surface area contributed by atoms with E-state index in [1.54, 1.807) is 11.8 Å². The van der Waals surface area contributed by atoms with E-state index in [0.717, 1.165) is 11.5 Å². The number of ether oxygens (including phenoxy) is 1. The Kier molecular flexibility index (Phi) is 5.08. The highest BCUT2D eigenvalue weighted by atomic mass is 16.5. The topological polar surface area (TPSA) is 93.6 Å². The van der Waals surface area contributed by atoms with Crippen molar-refractivity contribution in [3.8, 4) is 0 Å². The molecule has 0 spiro atoms. The molecule has 0 radical (unpaired) electrons. The number of rotatable bonds is 4. The smallest absolute Gasteiger partial charge is 0.318 e. The van der Waals surface area contributed by atoms with Gasteiger partial charge < -0.3 is 23.9 Å². The first-order chi connectivity index (χ1) is 11.9. The summed E-state index contributed by atoms with van der Waals surface area (Å²) in [6.45, 7) is 9.06. The summed E-state index contributed by atoms with van der Waals surface area (Å²) in [6.07, 6.45) is -0.253. The standard InChI is InChI=1S/C17H24N4O4/c1-10(2)15(16-18-12(4)20-25-16)19-17(22)21-7-8-23-14(9-21)13-6-5-11(3)24-13/h5-6,10,14-15H,7-9H2,1-4H3,(H,19,22)/t14-,15-/m1/s1. The molecule has 1 saturated heterocycles. The number of nitrogens with one attached hydrogen (secondary N) is 1. The number of hydrogen-bond donors (Lipinski definition) is 1. The van der Waals surface area contributed by atoms with Crippen molar-refractivity contribution in [2.45, 2.75) is 39.8 Å². The van der Waals surface area contributed by atoms with Crippen molar-refractivity contribution in [3.63, 3.8) is 0 Å². The average Bonchev–Trinajstić information content (AvgIpc) is 3.20. The van der Waals surface area contributed by atoms with Gasteiger partial charge in [0.05, 0.1) is 13.2 Å². The molecule has 1 N–H and O–H groups in total. The van der Waals surface area contributed by atoms with Gasteiger partial charge in [0.25, 0.3) is 0 Å². The lowest BCUT2D eigenvalue weighted by atomic mass is 10.0. The molecule has 1 aliphatic rings. The summed E-state index contributed by atoms with van der Waals surface area (Å²) < 4.78 is 16.6. The van der Waals surface area contributed by atoms with Gasteiger partial charge in [0, 0.05) is 6.54 Å². The maximum atomic E-state index is 12.7. The average molecular weight is 348 g/mol. The van der Waals surface area contributed by atoms with Crippen LogP contribution in [0.3, 0.4) is 0 Å². The highest BCUT2D eigenvalue weighted by molar-refractivity contribution is 5.74. The molecule has 1 aliphatic heterocycles. The zero-order chi connectivity index (χ0) is 18.0. The molecule has 0 bridgehead atoms. The molecule has 2 aromatic rings. The van der Waals surface area contributed by atoms with Gasteiger partial charge in [-0.15, -0.1) is 0 Å². The third-order valence-corrected chi connectivity index (χ3v) is 4.19. The molecule has 1 fully saturated rings. The summed E-state index contributed by atoms with van der Waals surface area (Å²) in [5, 5.41) is 6.81. The largest absolute Gasteiger partial charge is 0.464 e. The van der Waals surface area contributed by atoms with Crippen molar-refractivity contribution in [1.29, 1.82) is 0 Å². The molecule has 2 atom stereocenters. The molecule has 136 valence electrons. The molecular weight excluding hydrogens is 324 g/mol. The second-order valence-corrected chi connectivity index (χ2v) is 6.60. The van der Waals surface area contributed by atoms with Crippen LogP contribution in [0.1, 0.15) is 49.2 Å². The van der Waals surface area contributed by atoms with E-state index in [9.17, 15) is 4.79 Å².